The molecule has 34 heavy (non-hydrogen) atoms. The third-order valence-corrected chi connectivity index (χ3v) is 5.76. The molecule has 0 aliphatic carbocycles. The van der Waals surface area contributed by atoms with Crippen molar-refractivity contribution in [2.45, 2.75) is 26.2 Å². The summed E-state index contributed by atoms with van der Waals surface area (Å²) in [7, 11) is 1.60. The summed E-state index contributed by atoms with van der Waals surface area (Å²) in [6.45, 7) is 4.51. The Hall–Kier alpha value is -3.55. The molecule has 2 aromatic rings. The molecule has 0 atom stereocenters. The molecule has 8 heteroatoms. The molecule has 0 aromatic heterocycles. The van der Waals surface area contributed by atoms with Gasteiger partial charge in [0.25, 0.3) is 5.91 Å². The Balaban J connectivity index is 1.40. The van der Waals surface area contributed by atoms with E-state index in [1.165, 1.54) is 0 Å². The average Bonchev–Trinajstić information content (AvgIpc) is 2.87. The Bertz CT molecular complexity index is 969. The van der Waals surface area contributed by atoms with Gasteiger partial charge >= 0.3 is 0 Å². The van der Waals surface area contributed by atoms with Crippen LogP contribution in [0.25, 0.3) is 0 Å². The largest absolute Gasteiger partial charge is 0.497 e. The summed E-state index contributed by atoms with van der Waals surface area (Å²) < 4.78 is 10.8. The third-order valence-electron chi connectivity index (χ3n) is 5.76. The molecule has 1 N–H and O–H groups in total. The number of nitrogens with one attached hydrogen (secondary N) is 1. The molecule has 1 heterocycles. The maximum Gasteiger partial charge on any atom is 0.251 e. The molecule has 1 aliphatic heterocycles. The van der Waals surface area contributed by atoms with Crippen LogP contribution in [0.15, 0.2) is 48.5 Å². The van der Waals surface area contributed by atoms with Gasteiger partial charge < -0.3 is 24.6 Å². The molecule has 1 fully saturated rings. The SMILES string of the molecule is CCCCOc1ccc(C(=O)NCC(=O)N2CCN(C(=O)Cc3cccc(OC)c3)CC2)cc1. The van der Waals surface area contributed by atoms with Crippen molar-refractivity contribution in [2.75, 3.05) is 46.4 Å². The molecule has 182 valence electrons. The molecule has 8 nitrogen and oxygen atoms in total. The van der Waals surface area contributed by atoms with E-state index in [1.54, 1.807) is 41.2 Å². The van der Waals surface area contributed by atoms with Crippen molar-refractivity contribution in [3.63, 3.8) is 0 Å². The number of unbranched alkanes of at least 4 members (excludes halogenated alkanes) is 1. The van der Waals surface area contributed by atoms with Crippen molar-refractivity contribution >= 4 is 17.7 Å². The summed E-state index contributed by atoms with van der Waals surface area (Å²) in [6.07, 6.45) is 2.34. The monoisotopic (exact) mass is 467 g/mol. The predicted octanol–water partition coefficient (Wildman–Crippen LogP) is 2.52. The number of rotatable bonds is 10. The summed E-state index contributed by atoms with van der Waals surface area (Å²) in [4.78, 5) is 41.0. The number of nitrogens with zero attached hydrogens (tertiary/aromatic N) is 2. The minimum atomic E-state index is -0.305. The third kappa shape index (κ3) is 7.23. The molecule has 1 aliphatic rings. The van der Waals surface area contributed by atoms with Crippen LogP contribution in [-0.4, -0.2) is 74.0 Å². The Labute approximate surface area is 200 Å². The number of ether oxygens (including phenoxy) is 2. The smallest absolute Gasteiger partial charge is 0.251 e. The van der Waals surface area contributed by atoms with Crippen molar-refractivity contribution in [2.24, 2.45) is 0 Å². The first-order valence-corrected chi connectivity index (χ1v) is 11.7. The highest BCUT2D eigenvalue weighted by Gasteiger charge is 2.24. The number of benzene rings is 2. The van der Waals surface area contributed by atoms with Crippen LogP contribution in [0.3, 0.4) is 0 Å². The van der Waals surface area contributed by atoms with Crippen molar-refractivity contribution in [3.05, 3.63) is 59.7 Å². The van der Waals surface area contributed by atoms with E-state index in [9.17, 15) is 14.4 Å². The lowest BCUT2D eigenvalue weighted by Crippen LogP contribution is -2.52. The summed E-state index contributed by atoms with van der Waals surface area (Å²) in [6, 6.07) is 14.4. The molecule has 0 bridgehead atoms. The van der Waals surface area contributed by atoms with Gasteiger partial charge in [-0.15, -0.1) is 0 Å². The first-order valence-electron chi connectivity index (χ1n) is 11.7. The average molecular weight is 468 g/mol. The number of carbonyl (C=O) groups is 3. The Kier molecular flexibility index (Phi) is 9.31. The number of methoxy groups -OCH3 is 1. The zero-order chi connectivity index (χ0) is 24.3. The van der Waals surface area contributed by atoms with Gasteiger partial charge in [-0.3, -0.25) is 14.4 Å². The first kappa shape index (κ1) is 25.1. The fourth-order valence-corrected chi connectivity index (χ4v) is 3.68. The van der Waals surface area contributed by atoms with Crippen LogP contribution in [-0.2, 0) is 16.0 Å². The molecule has 1 saturated heterocycles. The number of carbonyl (C=O) groups excluding carboxylic acids is 3. The highest BCUT2D eigenvalue weighted by molar-refractivity contribution is 5.96. The fraction of sp³-hybridized carbons (Fsp3) is 0.423. The first-order chi connectivity index (χ1) is 16.5. The number of hydrogen-bond donors (Lipinski definition) is 1. The van der Waals surface area contributed by atoms with Crippen LogP contribution in [0.2, 0.25) is 0 Å². The molecule has 0 saturated carbocycles. The van der Waals surface area contributed by atoms with Crippen LogP contribution in [0, 0.1) is 0 Å². The lowest BCUT2D eigenvalue weighted by atomic mass is 10.1. The van der Waals surface area contributed by atoms with Gasteiger partial charge in [0.15, 0.2) is 0 Å². The molecule has 2 aromatic carbocycles. The van der Waals surface area contributed by atoms with Crippen LogP contribution in [0.4, 0.5) is 0 Å². The molecule has 0 unspecified atom stereocenters. The standard InChI is InChI=1S/C26H33N3O5/c1-3-4-16-34-22-10-8-21(9-11-22)26(32)27-19-25(31)29-14-12-28(13-15-29)24(30)18-20-6-5-7-23(17-20)33-2/h5-11,17H,3-4,12-16,18-19H2,1-2H3,(H,27,32). The van der Waals surface area contributed by atoms with Crippen LogP contribution in [0.1, 0.15) is 35.7 Å². The number of hydrogen-bond acceptors (Lipinski definition) is 5. The lowest BCUT2D eigenvalue weighted by molar-refractivity contribution is -0.138. The van der Waals surface area contributed by atoms with Crippen molar-refractivity contribution in [1.29, 1.82) is 0 Å². The normalized spacial score (nSPS) is 13.4. The van der Waals surface area contributed by atoms with Crippen molar-refractivity contribution < 1.29 is 23.9 Å². The molecular formula is C26H33N3O5. The van der Waals surface area contributed by atoms with Crippen molar-refractivity contribution in [3.8, 4) is 11.5 Å². The summed E-state index contributed by atoms with van der Waals surface area (Å²) >= 11 is 0. The van der Waals surface area contributed by atoms with E-state index in [4.69, 9.17) is 9.47 Å². The molecule has 0 spiro atoms. The Morgan fingerprint density at radius 2 is 1.59 bits per heavy atom. The molecule has 3 amide bonds. The second-order valence-corrected chi connectivity index (χ2v) is 8.20. The maximum absolute atomic E-state index is 12.6. The van der Waals surface area contributed by atoms with Crippen molar-refractivity contribution in [1.82, 2.24) is 15.1 Å². The highest BCUT2D eigenvalue weighted by atomic mass is 16.5. The van der Waals surface area contributed by atoms with Gasteiger partial charge in [0.2, 0.25) is 11.8 Å². The zero-order valence-electron chi connectivity index (χ0n) is 19.9. The van der Waals surface area contributed by atoms with E-state index in [2.05, 4.69) is 12.2 Å². The minimum Gasteiger partial charge on any atom is -0.497 e. The van der Waals surface area contributed by atoms with Gasteiger partial charge in [0.05, 0.1) is 26.7 Å². The number of piperazine rings is 1. The fourth-order valence-electron chi connectivity index (χ4n) is 3.68. The minimum absolute atomic E-state index is 0.0239. The number of amides is 3. The van der Waals surface area contributed by atoms with E-state index in [-0.39, 0.29) is 24.3 Å². The quantitative estimate of drug-likeness (QED) is 0.543. The Morgan fingerprint density at radius 1 is 0.912 bits per heavy atom. The summed E-state index contributed by atoms with van der Waals surface area (Å²) in [5.41, 5.74) is 1.37. The Morgan fingerprint density at radius 3 is 2.24 bits per heavy atom. The predicted molar refractivity (Wildman–Crippen MR) is 129 cm³/mol. The van der Waals surface area contributed by atoms with Gasteiger partial charge in [-0.25, -0.2) is 0 Å². The zero-order valence-corrected chi connectivity index (χ0v) is 19.9. The van der Waals surface area contributed by atoms with E-state index < -0.39 is 0 Å². The second kappa shape index (κ2) is 12.6. The van der Waals surface area contributed by atoms with E-state index in [0.717, 1.165) is 29.9 Å². The second-order valence-electron chi connectivity index (χ2n) is 8.20. The van der Waals surface area contributed by atoms with Crippen LogP contribution >= 0.6 is 0 Å². The van der Waals surface area contributed by atoms with Crippen LogP contribution < -0.4 is 14.8 Å². The van der Waals surface area contributed by atoms with Gasteiger partial charge in [-0.2, -0.15) is 0 Å². The highest BCUT2D eigenvalue weighted by Crippen LogP contribution is 2.15. The summed E-state index contributed by atoms with van der Waals surface area (Å²) in [5, 5.41) is 2.68. The van der Waals surface area contributed by atoms with Gasteiger partial charge in [-0.05, 0) is 48.4 Å². The summed E-state index contributed by atoms with van der Waals surface area (Å²) in [5.74, 6) is 1.00. The van der Waals surface area contributed by atoms with Crippen LogP contribution in [0.5, 0.6) is 11.5 Å². The van der Waals surface area contributed by atoms with Gasteiger partial charge in [0.1, 0.15) is 11.5 Å². The molecule has 0 radical (unpaired) electrons. The van der Waals surface area contributed by atoms with E-state index >= 15 is 0 Å². The van der Waals surface area contributed by atoms with Gasteiger partial charge in [-0.1, -0.05) is 25.5 Å². The van der Waals surface area contributed by atoms with E-state index in [0.29, 0.717) is 44.8 Å². The molecular weight excluding hydrogens is 434 g/mol. The topological polar surface area (TPSA) is 88.2 Å². The molecule has 3 rings (SSSR count). The maximum atomic E-state index is 12.6. The lowest BCUT2D eigenvalue weighted by Gasteiger charge is -2.35. The van der Waals surface area contributed by atoms with Gasteiger partial charge in [0, 0.05) is 31.7 Å². The van der Waals surface area contributed by atoms with E-state index in [1.807, 2.05) is 24.3 Å².